The van der Waals surface area contributed by atoms with Crippen LogP contribution in [-0.2, 0) is 0 Å². The summed E-state index contributed by atoms with van der Waals surface area (Å²) in [6.07, 6.45) is 1.40. The number of pyridine rings is 1. The molecule has 2 N–H and O–H groups in total. The van der Waals surface area contributed by atoms with Crippen LogP contribution in [-0.4, -0.2) is 10.9 Å². The molecule has 0 saturated heterocycles. The minimum atomic E-state index is -0.463. The van der Waals surface area contributed by atoms with Gasteiger partial charge in [0.15, 0.2) is 5.43 Å². The molecule has 1 heterocycles. The first kappa shape index (κ1) is 11.6. The van der Waals surface area contributed by atoms with Crippen molar-refractivity contribution in [2.24, 2.45) is 0 Å². The third-order valence-electron chi connectivity index (χ3n) is 2.31. The second-order valence-electron chi connectivity index (χ2n) is 3.55. The molecule has 0 saturated carbocycles. The minimum Gasteiger partial charge on any atom is -0.357 e. The Morgan fingerprint density at radius 1 is 1.28 bits per heavy atom. The summed E-state index contributed by atoms with van der Waals surface area (Å²) in [7, 11) is 0. The average molecular weight is 239 g/mol. The molecule has 0 radical (unpaired) electrons. The molecule has 88 valence electrons. The number of para-hydroxylation sites is 1. The highest BCUT2D eigenvalue weighted by Crippen LogP contribution is 2.14. The summed E-state index contributed by atoms with van der Waals surface area (Å²) in [6.45, 7) is 0. The van der Waals surface area contributed by atoms with E-state index < -0.39 is 5.91 Å². The Kier molecular flexibility index (Phi) is 3.21. The first-order valence-electron chi connectivity index (χ1n) is 5.20. The number of carbonyl (C=O) groups is 1. The lowest BCUT2D eigenvalue weighted by atomic mass is 10.2. The highest BCUT2D eigenvalue weighted by Gasteiger charge is 2.09. The maximum Gasteiger partial charge on any atom is 0.272 e. The molecule has 2 aromatic rings. The molecule has 0 aliphatic carbocycles. The second-order valence-corrected chi connectivity index (χ2v) is 3.55. The van der Waals surface area contributed by atoms with Crippen molar-refractivity contribution in [2.75, 3.05) is 5.32 Å². The molecule has 0 unspecified atom stereocenters. The Morgan fingerprint density at radius 3 is 2.78 bits per heavy atom. The molecule has 18 heavy (non-hydrogen) atoms. The summed E-state index contributed by atoms with van der Waals surface area (Å²) in [5.41, 5.74) is 0.668. The number of hydrogen-bond donors (Lipinski definition) is 2. The van der Waals surface area contributed by atoms with E-state index in [1.807, 2.05) is 6.07 Å². The van der Waals surface area contributed by atoms with Gasteiger partial charge in [0.1, 0.15) is 11.8 Å². The Labute approximate surface area is 103 Å². The topological polar surface area (TPSA) is 85.8 Å². The number of H-pyrrole nitrogens is 1. The van der Waals surface area contributed by atoms with Crippen LogP contribution in [0.2, 0.25) is 0 Å². The van der Waals surface area contributed by atoms with E-state index in [9.17, 15) is 9.59 Å². The first-order valence-corrected chi connectivity index (χ1v) is 5.20. The normalized spacial score (nSPS) is 9.50. The van der Waals surface area contributed by atoms with Crippen LogP contribution in [0.4, 0.5) is 5.69 Å². The Balaban J connectivity index is 2.27. The van der Waals surface area contributed by atoms with Gasteiger partial charge < -0.3 is 10.3 Å². The second kappa shape index (κ2) is 4.97. The van der Waals surface area contributed by atoms with E-state index in [2.05, 4.69) is 10.3 Å². The number of nitrogens with one attached hydrogen (secondary N) is 2. The van der Waals surface area contributed by atoms with Crippen LogP contribution < -0.4 is 10.7 Å². The number of aromatic nitrogens is 1. The molecular formula is C13H9N3O2. The third kappa shape index (κ3) is 2.44. The molecule has 5 heteroatoms. The smallest absolute Gasteiger partial charge is 0.272 e. The van der Waals surface area contributed by atoms with E-state index >= 15 is 0 Å². The van der Waals surface area contributed by atoms with Crippen molar-refractivity contribution in [1.82, 2.24) is 4.98 Å². The van der Waals surface area contributed by atoms with Gasteiger partial charge in [-0.25, -0.2) is 0 Å². The number of anilines is 1. The predicted molar refractivity (Wildman–Crippen MR) is 66.2 cm³/mol. The molecule has 1 amide bonds. The van der Waals surface area contributed by atoms with Gasteiger partial charge in [-0.05, 0) is 12.1 Å². The van der Waals surface area contributed by atoms with E-state index in [-0.39, 0.29) is 11.1 Å². The largest absolute Gasteiger partial charge is 0.357 e. The Hall–Kier alpha value is -2.87. The van der Waals surface area contributed by atoms with Crippen molar-refractivity contribution >= 4 is 11.6 Å². The van der Waals surface area contributed by atoms with Crippen LogP contribution in [0.25, 0.3) is 0 Å². The standard InChI is InChI=1S/C13H9N3O2/c14-8-9-3-1-2-4-11(9)16-13(18)12-7-10(17)5-6-15-12/h1-7H,(H,15,17)(H,16,18). The summed E-state index contributed by atoms with van der Waals surface area (Å²) >= 11 is 0. The van der Waals surface area contributed by atoms with Crippen molar-refractivity contribution in [3.8, 4) is 6.07 Å². The molecule has 0 fully saturated rings. The maximum atomic E-state index is 11.8. The van der Waals surface area contributed by atoms with Gasteiger partial charge in [-0.2, -0.15) is 5.26 Å². The van der Waals surface area contributed by atoms with Gasteiger partial charge >= 0.3 is 0 Å². The molecule has 0 aliphatic heterocycles. The number of benzene rings is 1. The number of aromatic amines is 1. The van der Waals surface area contributed by atoms with Crippen molar-refractivity contribution in [2.45, 2.75) is 0 Å². The van der Waals surface area contributed by atoms with Gasteiger partial charge in [0.25, 0.3) is 5.91 Å². The minimum absolute atomic E-state index is 0.148. The summed E-state index contributed by atoms with van der Waals surface area (Å²) < 4.78 is 0. The summed E-state index contributed by atoms with van der Waals surface area (Å²) in [6, 6.07) is 11.1. The zero-order valence-electron chi connectivity index (χ0n) is 9.31. The quantitative estimate of drug-likeness (QED) is 0.832. The SMILES string of the molecule is N#Cc1ccccc1NC(=O)c1cc(=O)cc[nH]1. The lowest BCUT2D eigenvalue weighted by Crippen LogP contribution is -2.16. The van der Waals surface area contributed by atoms with Gasteiger partial charge in [-0.1, -0.05) is 12.1 Å². The van der Waals surface area contributed by atoms with Gasteiger partial charge in [0.2, 0.25) is 0 Å². The van der Waals surface area contributed by atoms with Crippen LogP contribution >= 0.6 is 0 Å². The number of rotatable bonds is 2. The molecule has 5 nitrogen and oxygen atoms in total. The molecule has 0 atom stereocenters. The van der Waals surface area contributed by atoms with E-state index in [4.69, 9.17) is 5.26 Å². The van der Waals surface area contributed by atoms with E-state index in [1.54, 1.807) is 24.3 Å². The van der Waals surface area contributed by atoms with Crippen molar-refractivity contribution in [1.29, 1.82) is 5.26 Å². The molecule has 0 aliphatic rings. The van der Waals surface area contributed by atoms with Crippen LogP contribution in [0.3, 0.4) is 0 Å². The molecule has 2 rings (SSSR count). The van der Waals surface area contributed by atoms with Crippen LogP contribution in [0, 0.1) is 11.3 Å². The van der Waals surface area contributed by atoms with E-state index in [0.29, 0.717) is 11.3 Å². The average Bonchev–Trinajstić information content (AvgIpc) is 2.39. The summed E-state index contributed by atoms with van der Waals surface area (Å²) in [4.78, 5) is 25.6. The first-order chi connectivity index (χ1) is 8.70. The van der Waals surface area contributed by atoms with Gasteiger partial charge in [0.05, 0.1) is 11.3 Å². The number of nitrogens with zero attached hydrogens (tertiary/aromatic N) is 1. The Bertz CT molecular complexity index is 683. The lowest BCUT2D eigenvalue weighted by molar-refractivity contribution is 0.102. The Morgan fingerprint density at radius 2 is 2.06 bits per heavy atom. The number of carbonyl (C=O) groups excluding carboxylic acids is 1. The molecule has 1 aromatic heterocycles. The number of nitriles is 1. The molecule has 0 spiro atoms. The van der Waals surface area contributed by atoms with Crippen LogP contribution in [0.5, 0.6) is 0 Å². The van der Waals surface area contributed by atoms with E-state index in [1.165, 1.54) is 18.3 Å². The van der Waals surface area contributed by atoms with Crippen molar-refractivity contribution < 1.29 is 4.79 Å². The van der Waals surface area contributed by atoms with E-state index in [0.717, 1.165) is 0 Å². The maximum absolute atomic E-state index is 11.8. The predicted octanol–water partition coefficient (Wildman–Crippen LogP) is 1.50. The summed E-state index contributed by atoms with van der Waals surface area (Å²) in [5, 5.41) is 11.5. The fourth-order valence-corrected chi connectivity index (χ4v) is 1.46. The van der Waals surface area contributed by atoms with Gasteiger partial charge in [0, 0.05) is 18.3 Å². The van der Waals surface area contributed by atoms with Gasteiger partial charge in [-0.3, -0.25) is 9.59 Å². The highest BCUT2D eigenvalue weighted by molar-refractivity contribution is 6.03. The van der Waals surface area contributed by atoms with Gasteiger partial charge in [-0.15, -0.1) is 0 Å². The fraction of sp³-hybridized carbons (Fsp3) is 0. The number of amides is 1. The zero-order valence-corrected chi connectivity index (χ0v) is 9.31. The fourth-order valence-electron chi connectivity index (χ4n) is 1.46. The zero-order chi connectivity index (χ0) is 13.0. The molecular weight excluding hydrogens is 230 g/mol. The molecule has 1 aromatic carbocycles. The van der Waals surface area contributed by atoms with Crippen molar-refractivity contribution in [3.63, 3.8) is 0 Å². The van der Waals surface area contributed by atoms with Crippen LogP contribution in [0.1, 0.15) is 16.1 Å². The lowest BCUT2D eigenvalue weighted by Gasteiger charge is -2.06. The highest BCUT2D eigenvalue weighted by atomic mass is 16.2. The van der Waals surface area contributed by atoms with Crippen molar-refractivity contribution in [3.05, 3.63) is 64.1 Å². The van der Waals surface area contributed by atoms with Crippen LogP contribution in [0.15, 0.2) is 47.4 Å². The summed E-state index contributed by atoms with van der Waals surface area (Å²) in [5.74, 6) is -0.463. The monoisotopic (exact) mass is 239 g/mol. The molecule has 0 bridgehead atoms. The third-order valence-corrected chi connectivity index (χ3v) is 2.31. The number of hydrogen-bond acceptors (Lipinski definition) is 3.